The number of hydrogen-bond acceptors (Lipinski definition) is 3. The van der Waals surface area contributed by atoms with Crippen LogP contribution >= 0.6 is 0 Å². The topological polar surface area (TPSA) is 35.5 Å². The van der Waals surface area contributed by atoms with Crippen molar-refractivity contribution in [1.29, 1.82) is 0 Å². The van der Waals surface area contributed by atoms with Crippen molar-refractivity contribution in [2.75, 3.05) is 0 Å². The summed E-state index contributed by atoms with van der Waals surface area (Å²) in [5, 5.41) is 0. The van der Waals surface area contributed by atoms with Crippen LogP contribution in [0.15, 0.2) is 42.5 Å². The molecule has 2 fully saturated rings. The fourth-order valence-electron chi connectivity index (χ4n) is 5.28. The zero-order valence-electron chi connectivity index (χ0n) is 19.5. The van der Waals surface area contributed by atoms with Gasteiger partial charge in [0.1, 0.15) is 5.78 Å². The van der Waals surface area contributed by atoms with Gasteiger partial charge in [-0.1, -0.05) is 68.7 Å². The van der Waals surface area contributed by atoms with E-state index in [1.165, 1.54) is 24.8 Å². The minimum Gasteiger partial charge on any atom is -0.409 e. The van der Waals surface area contributed by atoms with Gasteiger partial charge in [-0.25, -0.2) is 0 Å². The summed E-state index contributed by atoms with van der Waals surface area (Å²) >= 11 is 0. The summed E-state index contributed by atoms with van der Waals surface area (Å²) in [6.45, 7) is 11.9. The Bertz CT molecular complexity index is 724. The molecular weight excluding hydrogens is 388 g/mol. The van der Waals surface area contributed by atoms with Crippen LogP contribution in [0.2, 0.25) is 19.6 Å². The molecule has 2 saturated carbocycles. The van der Waals surface area contributed by atoms with Crippen molar-refractivity contribution in [1.82, 2.24) is 0 Å². The molecule has 0 radical (unpaired) electrons. The molecule has 2 aliphatic rings. The van der Waals surface area contributed by atoms with Crippen molar-refractivity contribution in [2.24, 2.45) is 17.8 Å². The third-order valence-electron chi connectivity index (χ3n) is 6.57. The molecule has 0 aromatic heterocycles. The van der Waals surface area contributed by atoms with Crippen LogP contribution in [0.4, 0.5) is 0 Å². The van der Waals surface area contributed by atoms with Crippen molar-refractivity contribution in [3.05, 3.63) is 48.0 Å². The van der Waals surface area contributed by atoms with E-state index in [4.69, 9.17) is 9.16 Å². The molecule has 0 saturated heterocycles. The van der Waals surface area contributed by atoms with E-state index in [0.29, 0.717) is 30.6 Å². The van der Waals surface area contributed by atoms with E-state index in [9.17, 15) is 4.79 Å². The van der Waals surface area contributed by atoms with Gasteiger partial charge in [0.05, 0.1) is 18.3 Å². The minimum atomic E-state index is -1.67. The number of carbonyl (C=O) groups excluding carboxylic acids is 1. The molecule has 166 valence electrons. The molecule has 2 aliphatic carbocycles. The summed E-state index contributed by atoms with van der Waals surface area (Å²) in [6, 6.07) is 10.3. The van der Waals surface area contributed by atoms with E-state index >= 15 is 0 Å². The highest BCUT2D eigenvalue weighted by Crippen LogP contribution is 2.49. The maximum Gasteiger partial charge on any atom is 0.184 e. The summed E-state index contributed by atoms with van der Waals surface area (Å²) < 4.78 is 12.9. The number of ether oxygens (including phenoxy) is 1. The molecule has 0 heterocycles. The molecule has 30 heavy (non-hydrogen) atoms. The molecule has 2 bridgehead atoms. The molecule has 1 aromatic carbocycles. The van der Waals surface area contributed by atoms with E-state index in [1.54, 1.807) is 0 Å². The summed E-state index contributed by atoms with van der Waals surface area (Å²) in [5.74, 6) is 1.16. The third kappa shape index (κ3) is 6.15. The molecule has 1 aromatic rings. The lowest BCUT2D eigenvalue weighted by molar-refractivity contribution is -0.124. The highest BCUT2D eigenvalue weighted by molar-refractivity contribution is 6.69. The molecule has 0 spiro atoms. The molecule has 3 rings (SSSR count). The number of hydrogen-bond donors (Lipinski definition) is 0. The molecule has 0 N–H and O–H groups in total. The van der Waals surface area contributed by atoms with Gasteiger partial charge in [-0.2, -0.15) is 0 Å². The monoisotopic (exact) mass is 428 g/mol. The van der Waals surface area contributed by atoms with E-state index in [2.05, 4.69) is 57.8 Å². The molecular formula is C26H40O3Si. The minimum absolute atomic E-state index is 0.124. The standard InChI is InChI=1S/C26H40O3Si/c1-6-7-11-15-26(2,29-30(3,4)5)16-14-21-22-18-25(23(21)17-24(22)27)28-19-20-12-9-8-10-13-20/h8-10,12-14,16,21-23,25H,6-7,11,15,17-19H2,1-5H3. The van der Waals surface area contributed by atoms with Crippen LogP contribution in [0.25, 0.3) is 0 Å². The number of unbranched alkanes of at least 4 members (excludes halogenated alkanes) is 2. The Morgan fingerprint density at radius 2 is 1.90 bits per heavy atom. The summed E-state index contributed by atoms with van der Waals surface area (Å²) in [6.07, 6.45) is 11.0. The molecule has 0 aliphatic heterocycles. The molecule has 5 unspecified atom stereocenters. The lowest BCUT2D eigenvalue weighted by Gasteiger charge is -2.34. The third-order valence-corrected chi connectivity index (χ3v) is 7.65. The summed E-state index contributed by atoms with van der Waals surface area (Å²) in [4.78, 5) is 12.5. The Morgan fingerprint density at radius 3 is 2.57 bits per heavy atom. The van der Waals surface area contributed by atoms with E-state index in [1.807, 2.05) is 18.2 Å². The van der Waals surface area contributed by atoms with Crippen molar-refractivity contribution < 1.29 is 14.0 Å². The predicted octanol–water partition coefficient (Wildman–Crippen LogP) is 6.54. The Labute approximate surface area is 184 Å². The number of fused-ring (bicyclic) bond motifs is 2. The lowest BCUT2D eigenvalue weighted by atomic mass is 9.91. The van der Waals surface area contributed by atoms with Crippen molar-refractivity contribution in [3.8, 4) is 0 Å². The van der Waals surface area contributed by atoms with Crippen LogP contribution in [-0.4, -0.2) is 25.8 Å². The van der Waals surface area contributed by atoms with Crippen molar-refractivity contribution in [3.63, 3.8) is 0 Å². The second-order valence-electron chi connectivity index (χ2n) is 10.4. The van der Waals surface area contributed by atoms with Gasteiger partial charge in [0.2, 0.25) is 0 Å². The first-order valence-corrected chi connectivity index (χ1v) is 15.2. The average molecular weight is 429 g/mol. The van der Waals surface area contributed by atoms with Gasteiger partial charge in [0, 0.05) is 12.3 Å². The van der Waals surface area contributed by atoms with Crippen LogP contribution in [0.3, 0.4) is 0 Å². The highest BCUT2D eigenvalue weighted by atomic mass is 28.4. The quantitative estimate of drug-likeness (QED) is 0.228. The zero-order valence-corrected chi connectivity index (χ0v) is 20.5. The van der Waals surface area contributed by atoms with Gasteiger partial charge in [-0.05, 0) is 56.8 Å². The van der Waals surface area contributed by atoms with Gasteiger partial charge < -0.3 is 9.16 Å². The first-order valence-electron chi connectivity index (χ1n) is 11.8. The molecule has 0 amide bonds. The number of benzene rings is 1. The Hall–Kier alpha value is -1.23. The lowest BCUT2D eigenvalue weighted by Crippen LogP contribution is -2.39. The maximum absolute atomic E-state index is 12.5. The first kappa shape index (κ1) is 23.4. The fraction of sp³-hybridized carbons (Fsp3) is 0.654. The first-order chi connectivity index (χ1) is 14.2. The van der Waals surface area contributed by atoms with E-state index in [-0.39, 0.29) is 17.6 Å². The predicted molar refractivity (Wildman–Crippen MR) is 126 cm³/mol. The van der Waals surface area contributed by atoms with Gasteiger partial charge in [0.25, 0.3) is 0 Å². The summed E-state index contributed by atoms with van der Waals surface area (Å²) in [5.41, 5.74) is 0.969. The molecule has 4 heteroatoms. The number of allylic oxidation sites excluding steroid dienone is 1. The van der Waals surface area contributed by atoms with Crippen LogP contribution in [-0.2, 0) is 20.6 Å². The SMILES string of the molecule is CCCCCC(C)(C=CC1C2CC(OCc3ccccc3)C1CC2=O)O[Si](C)(C)C. The van der Waals surface area contributed by atoms with E-state index < -0.39 is 8.32 Å². The summed E-state index contributed by atoms with van der Waals surface area (Å²) in [7, 11) is -1.67. The number of Topliss-reactive ketones (excluding diaryl/α,β-unsaturated/α-hetero) is 1. The smallest absolute Gasteiger partial charge is 0.184 e. The number of rotatable bonds is 11. The Balaban J connectivity index is 1.67. The Kier molecular flexibility index (Phi) is 7.75. The second-order valence-corrected chi connectivity index (χ2v) is 14.9. The van der Waals surface area contributed by atoms with Crippen LogP contribution < -0.4 is 0 Å². The second kappa shape index (κ2) is 9.93. The van der Waals surface area contributed by atoms with Gasteiger partial charge in [0.15, 0.2) is 8.32 Å². The largest absolute Gasteiger partial charge is 0.409 e. The van der Waals surface area contributed by atoms with Gasteiger partial charge >= 0.3 is 0 Å². The van der Waals surface area contributed by atoms with Gasteiger partial charge in [-0.15, -0.1) is 0 Å². The van der Waals surface area contributed by atoms with Crippen LogP contribution in [0.5, 0.6) is 0 Å². The Morgan fingerprint density at radius 1 is 1.17 bits per heavy atom. The number of carbonyl (C=O) groups is 1. The van der Waals surface area contributed by atoms with E-state index in [0.717, 1.165) is 12.8 Å². The van der Waals surface area contributed by atoms with Gasteiger partial charge in [-0.3, -0.25) is 4.79 Å². The maximum atomic E-state index is 12.5. The average Bonchev–Trinajstić information content (AvgIpc) is 3.17. The molecule has 3 nitrogen and oxygen atoms in total. The number of ketones is 1. The van der Waals surface area contributed by atoms with Crippen LogP contribution in [0.1, 0.15) is 57.9 Å². The van der Waals surface area contributed by atoms with Crippen molar-refractivity contribution in [2.45, 2.75) is 90.3 Å². The highest BCUT2D eigenvalue weighted by Gasteiger charge is 2.52. The zero-order chi connectivity index (χ0) is 21.8. The normalized spacial score (nSPS) is 28.4. The molecule has 5 atom stereocenters. The van der Waals surface area contributed by atoms with Crippen LogP contribution in [0, 0.1) is 17.8 Å². The van der Waals surface area contributed by atoms with Crippen molar-refractivity contribution >= 4 is 14.1 Å². The fourth-order valence-corrected chi connectivity index (χ4v) is 6.85.